The molecular formula is C18H20BrClF2. The van der Waals surface area contributed by atoms with Gasteiger partial charge in [-0.05, 0) is 48.2 Å². The van der Waals surface area contributed by atoms with Crippen molar-refractivity contribution in [3.63, 3.8) is 0 Å². The standard InChI is InChI=1S/C10H11ClF2.C8H9Br/c1-3-7-4-5-9(11)8(6-7)10(2,12)13;1-2-7-3-5-8(9)6-4-7/h4-6H,3H2,1-2H3;3-6H,2H2,1H3. The van der Waals surface area contributed by atoms with Gasteiger partial charge in [0.05, 0.1) is 0 Å². The maximum atomic E-state index is 12.9. The predicted molar refractivity (Wildman–Crippen MR) is 93.9 cm³/mol. The van der Waals surface area contributed by atoms with Crippen LogP contribution in [0.5, 0.6) is 0 Å². The van der Waals surface area contributed by atoms with Gasteiger partial charge in [-0.15, -0.1) is 0 Å². The molecule has 4 heteroatoms. The molecule has 120 valence electrons. The van der Waals surface area contributed by atoms with E-state index >= 15 is 0 Å². The van der Waals surface area contributed by atoms with Crippen LogP contribution in [0, 0.1) is 0 Å². The molecule has 0 saturated carbocycles. The van der Waals surface area contributed by atoms with E-state index in [-0.39, 0.29) is 10.6 Å². The fraction of sp³-hybridized carbons (Fsp3) is 0.333. The predicted octanol–water partition coefficient (Wildman–Crippen LogP) is 7.03. The highest BCUT2D eigenvalue weighted by Crippen LogP contribution is 2.33. The minimum Gasteiger partial charge on any atom is -0.202 e. The molecule has 0 nitrogen and oxygen atoms in total. The van der Waals surface area contributed by atoms with Gasteiger partial charge in [0.15, 0.2) is 0 Å². The first-order valence-corrected chi connectivity index (χ1v) is 8.36. The third-order valence-corrected chi connectivity index (χ3v) is 4.09. The summed E-state index contributed by atoms with van der Waals surface area (Å²) in [4.78, 5) is 0. The second-order valence-electron chi connectivity index (χ2n) is 5.04. The molecular weight excluding hydrogens is 370 g/mol. The van der Waals surface area contributed by atoms with E-state index in [1.165, 1.54) is 17.7 Å². The number of alkyl halides is 2. The van der Waals surface area contributed by atoms with Crippen LogP contribution in [0.25, 0.3) is 0 Å². The highest BCUT2D eigenvalue weighted by molar-refractivity contribution is 9.10. The van der Waals surface area contributed by atoms with Gasteiger partial charge in [-0.25, -0.2) is 8.78 Å². The highest BCUT2D eigenvalue weighted by atomic mass is 79.9. The average molecular weight is 390 g/mol. The summed E-state index contributed by atoms with van der Waals surface area (Å²) in [5, 5.41) is 0.129. The molecule has 0 aliphatic heterocycles. The molecule has 0 atom stereocenters. The van der Waals surface area contributed by atoms with Crippen LogP contribution in [0.1, 0.15) is 37.5 Å². The molecule has 22 heavy (non-hydrogen) atoms. The largest absolute Gasteiger partial charge is 0.271 e. The van der Waals surface area contributed by atoms with Crippen molar-refractivity contribution in [2.75, 3.05) is 0 Å². The quantitative estimate of drug-likeness (QED) is 0.529. The molecule has 0 spiro atoms. The summed E-state index contributed by atoms with van der Waals surface area (Å²) in [6.07, 6.45) is 1.85. The molecule has 2 rings (SSSR count). The summed E-state index contributed by atoms with van der Waals surface area (Å²) in [5.74, 6) is -2.86. The second kappa shape index (κ2) is 8.64. The van der Waals surface area contributed by atoms with Crippen LogP contribution >= 0.6 is 27.5 Å². The number of hydrogen-bond donors (Lipinski definition) is 0. The SMILES string of the molecule is CCc1ccc(Br)cc1.CCc1ccc(Cl)c(C(C)(F)F)c1. The second-order valence-corrected chi connectivity index (χ2v) is 6.36. The first-order valence-electron chi connectivity index (χ1n) is 7.19. The number of halogens is 4. The van der Waals surface area contributed by atoms with Crippen LogP contribution in [-0.2, 0) is 18.8 Å². The van der Waals surface area contributed by atoms with Gasteiger partial charge in [-0.1, -0.05) is 59.6 Å². The van der Waals surface area contributed by atoms with Crippen molar-refractivity contribution in [1.29, 1.82) is 0 Å². The lowest BCUT2D eigenvalue weighted by molar-refractivity contribution is 0.0175. The molecule has 0 amide bonds. The molecule has 2 aromatic rings. The smallest absolute Gasteiger partial charge is 0.202 e. The Kier molecular flexibility index (Phi) is 7.51. The van der Waals surface area contributed by atoms with E-state index in [1.807, 2.05) is 6.92 Å². The Bertz CT molecular complexity index is 589. The molecule has 0 aromatic heterocycles. The molecule has 0 bridgehead atoms. The monoisotopic (exact) mass is 388 g/mol. The molecule has 2 aromatic carbocycles. The number of hydrogen-bond acceptors (Lipinski definition) is 0. The fourth-order valence-electron chi connectivity index (χ4n) is 1.85. The fourth-order valence-corrected chi connectivity index (χ4v) is 2.40. The summed E-state index contributed by atoms with van der Waals surface area (Å²) in [6.45, 7) is 4.93. The number of aryl methyl sites for hydroxylation is 2. The van der Waals surface area contributed by atoms with Gasteiger partial charge in [0.1, 0.15) is 0 Å². The van der Waals surface area contributed by atoms with Crippen molar-refractivity contribution in [3.8, 4) is 0 Å². The first kappa shape index (κ1) is 19.1. The Balaban J connectivity index is 0.000000235. The van der Waals surface area contributed by atoms with Crippen LogP contribution in [0.15, 0.2) is 46.9 Å². The van der Waals surface area contributed by atoms with Crippen LogP contribution in [-0.4, -0.2) is 0 Å². The Morgan fingerprint density at radius 1 is 0.955 bits per heavy atom. The summed E-state index contributed by atoms with van der Waals surface area (Å²) >= 11 is 9.03. The summed E-state index contributed by atoms with van der Waals surface area (Å²) in [6, 6.07) is 13.1. The van der Waals surface area contributed by atoms with Gasteiger partial charge in [-0.3, -0.25) is 0 Å². The van der Waals surface area contributed by atoms with Crippen LogP contribution < -0.4 is 0 Å². The summed E-state index contributed by atoms with van der Waals surface area (Å²) < 4.78 is 27.0. The zero-order valence-electron chi connectivity index (χ0n) is 13.0. The topological polar surface area (TPSA) is 0 Å². The van der Waals surface area contributed by atoms with Gasteiger partial charge in [0.2, 0.25) is 0 Å². The van der Waals surface area contributed by atoms with Crippen LogP contribution in [0.3, 0.4) is 0 Å². The third kappa shape index (κ3) is 6.05. The molecule has 0 saturated heterocycles. The van der Waals surface area contributed by atoms with Crippen molar-refractivity contribution in [1.82, 2.24) is 0 Å². The van der Waals surface area contributed by atoms with E-state index in [4.69, 9.17) is 11.6 Å². The Morgan fingerprint density at radius 3 is 1.91 bits per heavy atom. The Hall–Kier alpha value is -0.930. The maximum Gasteiger partial charge on any atom is 0.271 e. The van der Waals surface area contributed by atoms with Crippen LogP contribution in [0.2, 0.25) is 5.02 Å². The maximum absolute atomic E-state index is 12.9. The van der Waals surface area contributed by atoms with Gasteiger partial charge in [0.25, 0.3) is 5.92 Å². The third-order valence-electron chi connectivity index (χ3n) is 3.23. The van der Waals surface area contributed by atoms with Crippen molar-refractivity contribution >= 4 is 27.5 Å². The van der Waals surface area contributed by atoms with Gasteiger partial charge >= 0.3 is 0 Å². The van der Waals surface area contributed by atoms with Crippen molar-refractivity contribution in [3.05, 3.63) is 68.7 Å². The lowest BCUT2D eigenvalue weighted by atomic mass is 10.0. The van der Waals surface area contributed by atoms with Gasteiger partial charge in [0, 0.05) is 22.0 Å². The highest BCUT2D eigenvalue weighted by Gasteiger charge is 2.27. The van der Waals surface area contributed by atoms with Crippen LogP contribution in [0.4, 0.5) is 8.78 Å². The first-order chi connectivity index (χ1) is 10.3. The van der Waals surface area contributed by atoms with E-state index in [0.717, 1.165) is 29.8 Å². The van der Waals surface area contributed by atoms with E-state index in [0.29, 0.717) is 0 Å². The van der Waals surface area contributed by atoms with E-state index in [2.05, 4.69) is 47.1 Å². The minimum absolute atomic E-state index is 0.0893. The Morgan fingerprint density at radius 2 is 1.45 bits per heavy atom. The summed E-state index contributed by atoms with van der Waals surface area (Å²) in [5.41, 5.74) is 2.17. The molecule has 0 fully saturated rings. The summed E-state index contributed by atoms with van der Waals surface area (Å²) in [7, 11) is 0. The lowest BCUT2D eigenvalue weighted by Crippen LogP contribution is -2.08. The van der Waals surface area contributed by atoms with E-state index in [9.17, 15) is 8.78 Å². The lowest BCUT2D eigenvalue weighted by Gasteiger charge is -2.13. The molecule has 0 N–H and O–H groups in total. The van der Waals surface area contributed by atoms with Crippen molar-refractivity contribution in [2.24, 2.45) is 0 Å². The van der Waals surface area contributed by atoms with E-state index < -0.39 is 5.92 Å². The number of rotatable bonds is 3. The minimum atomic E-state index is -2.86. The average Bonchev–Trinajstić information content (AvgIpc) is 2.48. The van der Waals surface area contributed by atoms with E-state index in [1.54, 1.807) is 6.07 Å². The molecule has 0 aliphatic carbocycles. The van der Waals surface area contributed by atoms with Gasteiger partial charge in [-0.2, -0.15) is 0 Å². The zero-order chi connectivity index (χ0) is 16.8. The molecule has 0 radical (unpaired) electrons. The molecule has 0 unspecified atom stereocenters. The Labute approximate surface area is 144 Å². The zero-order valence-corrected chi connectivity index (χ0v) is 15.3. The van der Waals surface area contributed by atoms with Crippen molar-refractivity contribution < 1.29 is 8.78 Å². The molecule has 0 aliphatic rings. The van der Waals surface area contributed by atoms with Gasteiger partial charge < -0.3 is 0 Å². The number of benzene rings is 2. The van der Waals surface area contributed by atoms with Crippen molar-refractivity contribution in [2.45, 2.75) is 39.5 Å². The normalized spacial score (nSPS) is 10.9. The molecule has 0 heterocycles.